The van der Waals surface area contributed by atoms with E-state index in [1.54, 1.807) is 0 Å². The van der Waals surface area contributed by atoms with Crippen LogP contribution in [0.5, 0.6) is 0 Å². The summed E-state index contributed by atoms with van der Waals surface area (Å²) in [6.07, 6.45) is 0. The fraction of sp³-hybridized carbons (Fsp3) is 0.615. The maximum Gasteiger partial charge on any atom is 0.438 e. The van der Waals surface area contributed by atoms with Crippen LogP contribution in [-0.4, -0.2) is 16.0 Å². The summed E-state index contributed by atoms with van der Waals surface area (Å²) in [5, 5.41) is 3.54. The van der Waals surface area contributed by atoms with Gasteiger partial charge in [0.15, 0.2) is 5.82 Å². The van der Waals surface area contributed by atoms with Gasteiger partial charge in [0.25, 0.3) is 0 Å². The minimum atomic E-state index is -0.495. The average molecular weight is 282 g/mol. The Morgan fingerprint density at radius 2 is 1.70 bits per heavy atom. The molecule has 2 N–H and O–H groups in total. The van der Waals surface area contributed by atoms with E-state index in [1.807, 2.05) is 20.8 Å². The summed E-state index contributed by atoms with van der Waals surface area (Å²) in [4.78, 5) is 21.8. The number of rotatable bonds is 0. The molecule has 7 nitrogen and oxygen atoms in total. The van der Waals surface area contributed by atoms with E-state index in [4.69, 9.17) is 4.84 Å². The molecule has 0 atom stereocenters. The van der Waals surface area contributed by atoms with Crippen molar-refractivity contribution in [3.63, 3.8) is 0 Å². The number of H-pyrrole nitrogens is 1. The monoisotopic (exact) mass is 282 g/mol. The van der Waals surface area contributed by atoms with Gasteiger partial charge in [0.1, 0.15) is 5.84 Å². The molecule has 0 aliphatic carbocycles. The first kappa shape index (κ1) is 16.0. The Kier molecular flexibility index (Phi) is 4.42. The Balaban J connectivity index is 0.000000200. The van der Waals surface area contributed by atoms with Crippen LogP contribution in [0, 0.1) is 5.41 Å². The fourth-order valence-electron chi connectivity index (χ4n) is 1.15. The second kappa shape index (κ2) is 5.52. The summed E-state index contributed by atoms with van der Waals surface area (Å²) in [6, 6.07) is 0. The lowest BCUT2D eigenvalue weighted by atomic mass is 9.95. The van der Waals surface area contributed by atoms with E-state index in [2.05, 4.69) is 52.5 Å². The lowest BCUT2D eigenvalue weighted by Gasteiger charge is -2.16. The zero-order valence-corrected chi connectivity index (χ0v) is 12.8. The molecule has 0 radical (unpaired) electrons. The number of amidine groups is 1. The van der Waals surface area contributed by atoms with Crippen LogP contribution in [0.4, 0.5) is 0 Å². The zero-order valence-electron chi connectivity index (χ0n) is 12.8. The Morgan fingerprint density at radius 3 is 1.90 bits per heavy atom. The highest BCUT2D eigenvalue weighted by molar-refractivity contribution is 5.88. The average Bonchev–Trinajstić information content (AvgIpc) is 2.85. The number of aliphatic imine (C=N–C) groups is 1. The quantitative estimate of drug-likeness (QED) is 0.760. The molecule has 112 valence electrons. The number of hydrogen-bond donors (Lipinski definition) is 2. The van der Waals surface area contributed by atoms with Gasteiger partial charge in [0.2, 0.25) is 5.88 Å². The molecule has 20 heavy (non-hydrogen) atoms. The number of hydrogen-bond acceptors (Lipinski definition) is 6. The third kappa shape index (κ3) is 4.56. The second-order valence-corrected chi connectivity index (χ2v) is 6.50. The lowest BCUT2D eigenvalue weighted by molar-refractivity contribution is 0.173. The van der Waals surface area contributed by atoms with Gasteiger partial charge in [0, 0.05) is 10.8 Å². The molecule has 1 aromatic rings. The minimum Gasteiger partial charge on any atom is -0.361 e. The molecule has 1 aliphatic heterocycles. The number of aromatic nitrogens is 2. The Labute approximate surface area is 118 Å². The van der Waals surface area contributed by atoms with Gasteiger partial charge in [-0.3, -0.25) is 9.51 Å². The van der Waals surface area contributed by atoms with Crippen LogP contribution in [0.2, 0.25) is 0 Å². The summed E-state index contributed by atoms with van der Waals surface area (Å²) in [7, 11) is 0. The zero-order chi connectivity index (χ0) is 15.6. The predicted octanol–water partition coefficient (Wildman–Crippen LogP) is 2.10. The molecule has 0 saturated heterocycles. The smallest absolute Gasteiger partial charge is 0.361 e. The van der Waals surface area contributed by atoms with Gasteiger partial charge in [-0.2, -0.15) is 4.99 Å². The maximum atomic E-state index is 10.5. The SMILES string of the molecule is C=C1N=C(C(C)(C)C)NO1.CC(C)(C)c1noc(=O)[nH]1. The van der Waals surface area contributed by atoms with Gasteiger partial charge in [0.05, 0.1) is 0 Å². The first-order chi connectivity index (χ1) is 9.00. The topological polar surface area (TPSA) is 92.5 Å². The van der Waals surface area contributed by atoms with Crippen LogP contribution in [0.25, 0.3) is 0 Å². The summed E-state index contributed by atoms with van der Waals surface area (Å²) < 4.78 is 4.33. The fourth-order valence-corrected chi connectivity index (χ4v) is 1.15. The number of hydroxylamine groups is 1. The van der Waals surface area contributed by atoms with Crippen molar-refractivity contribution in [3.05, 3.63) is 28.8 Å². The second-order valence-electron chi connectivity index (χ2n) is 6.50. The van der Waals surface area contributed by atoms with E-state index in [-0.39, 0.29) is 10.8 Å². The molecule has 2 heterocycles. The minimum absolute atomic E-state index is 0.0133. The Bertz CT molecular complexity index is 555. The molecule has 0 unspecified atom stereocenters. The summed E-state index contributed by atoms with van der Waals surface area (Å²) in [6.45, 7) is 15.6. The molecule has 1 aromatic heterocycles. The van der Waals surface area contributed by atoms with E-state index in [0.29, 0.717) is 11.7 Å². The molecule has 0 saturated carbocycles. The van der Waals surface area contributed by atoms with Gasteiger partial charge >= 0.3 is 5.76 Å². The number of nitrogens with zero attached hydrogens (tertiary/aromatic N) is 2. The molecule has 7 heteroatoms. The van der Waals surface area contributed by atoms with Crippen LogP contribution >= 0.6 is 0 Å². The van der Waals surface area contributed by atoms with E-state index >= 15 is 0 Å². The third-order valence-electron chi connectivity index (χ3n) is 2.36. The number of nitrogens with one attached hydrogen (secondary N) is 2. The van der Waals surface area contributed by atoms with Crippen LogP contribution < -0.4 is 11.2 Å². The van der Waals surface area contributed by atoms with Crippen molar-refractivity contribution < 1.29 is 9.36 Å². The normalized spacial score (nSPS) is 14.9. The van der Waals surface area contributed by atoms with Crippen LogP contribution in [0.1, 0.15) is 47.4 Å². The molecule has 0 amide bonds. The summed E-state index contributed by atoms with van der Waals surface area (Å²) in [5.41, 5.74) is 2.56. The Morgan fingerprint density at radius 1 is 1.10 bits per heavy atom. The molecular weight excluding hydrogens is 260 g/mol. The molecule has 0 fully saturated rings. The molecule has 1 aliphatic rings. The van der Waals surface area contributed by atoms with Crippen molar-refractivity contribution in [2.45, 2.75) is 47.0 Å². The van der Waals surface area contributed by atoms with Gasteiger partial charge in [-0.15, -0.1) is 0 Å². The van der Waals surface area contributed by atoms with Crippen LogP contribution in [0.3, 0.4) is 0 Å². The van der Waals surface area contributed by atoms with Crippen molar-refractivity contribution in [2.75, 3.05) is 0 Å². The molecular formula is C13H22N4O3. The largest absolute Gasteiger partial charge is 0.438 e. The molecule has 0 bridgehead atoms. The molecule has 2 rings (SSSR count). The first-order valence-corrected chi connectivity index (χ1v) is 6.27. The van der Waals surface area contributed by atoms with Crippen LogP contribution in [-0.2, 0) is 10.3 Å². The van der Waals surface area contributed by atoms with Crippen molar-refractivity contribution in [2.24, 2.45) is 10.4 Å². The lowest BCUT2D eigenvalue weighted by Crippen LogP contribution is -2.30. The van der Waals surface area contributed by atoms with Crippen molar-refractivity contribution in [3.8, 4) is 0 Å². The molecule has 0 aromatic carbocycles. The van der Waals surface area contributed by atoms with Crippen molar-refractivity contribution >= 4 is 5.84 Å². The van der Waals surface area contributed by atoms with Gasteiger partial charge in [-0.1, -0.05) is 46.7 Å². The molecule has 0 spiro atoms. The van der Waals surface area contributed by atoms with E-state index in [9.17, 15) is 4.79 Å². The van der Waals surface area contributed by atoms with E-state index in [0.717, 1.165) is 5.84 Å². The summed E-state index contributed by atoms with van der Waals surface area (Å²) >= 11 is 0. The Hall–Kier alpha value is -2.05. The van der Waals surface area contributed by atoms with Crippen molar-refractivity contribution in [1.29, 1.82) is 0 Å². The van der Waals surface area contributed by atoms with E-state index < -0.39 is 5.76 Å². The first-order valence-electron chi connectivity index (χ1n) is 6.27. The highest BCUT2D eigenvalue weighted by Crippen LogP contribution is 2.19. The highest BCUT2D eigenvalue weighted by Gasteiger charge is 2.23. The van der Waals surface area contributed by atoms with Gasteiger partial charge in [-0.25, -0.2) is 10.3 Å². The number of aromatic amines is 1. The summed E-state index contributed by atoms with van der Waals surface area (Å²) in [5.74, 6) is 1.35. The van der Waals surface area contributed by atoms with E-state index in [1.165, 1.54) is 0 Å². The van der Waals surface area contributed by atoms with Gasteiger partial charge in [-0.05, 0) is 6.58 Å². The standard InChI is InChI=1S/C7H12N2O.C6H10N2O2/c1-5-8-6(9-10-5)7(2,3)4;1-6(2,3)4-7-5(9)10-8-4/h1H2,2-4H3,(H,8,9);1-3H3,(H,7,8,9). The van der Waals surface area contributed by atoms with Crippen LogP contribution in [0.15, 0.2) is 26.8 Å². The third-order valence-corrected chi connectivity index (χ3v) is 2.36. The highest BCUT2D eigenvalue weighted by atomic mass is 16.7. The van der Waals surface area contributed by atoms with Gasteiger partial charge < -0.3 is 4.84 Å². The maximum absolute atomic E-state index is 10.5. The predicted molar refractivity (Wildman–Crippen MR) is 76.1 cm³/mol. The van der Waals surface area contributed by atoms with Crippen molar-refractivity contribution in [1.82, 2.24) is 15.6 Å².